The fraction of sp³-hybridized carbons (Fsp3) is 0.238. The minimum absolute atomic E-state index is 0.381. The Morgan fingerprint density at radius 3 is 2.36 bits per heavy atom. The number of hydrogen-bond donors (Lipinski definition) is 1. The van der Waals surface area contributed by atoms with Crippen LogP contribution >= 0.6 is 0 Å². The average molecular weight is 384 g/mol. The molecule has 0 aromatic heterocycles. The third kappa shape index (κ3) is 6.05. The number of nitrogens with one attached hydrogen (secondary N) is 1. The molecule has 0 bridgehead atoms. The first kappa shape index (κ1) is 20.8. The lowest BCUT2D eigenvalue weighted by Crippen LogP contribution is -2.20. The summed E-state index contributed by atoms with van der Waals surface area (Å²) in [6.45, 7) is -0.381. The summed E-state index contributed by atoms with van der Waals surface area (Å²) in [5.41, 5.74) is 2.30. The normalized spacial score (nSPS) is 10.4. The van der Waals surface area contributed by atoms with Crippen molar-refractivity contribution in [1.82, 2.24) is 0 Å². The fourth-order valence-corrected chi connectivity index (χ4v) is 2.35. The van der Waals surface area contributed by atoms with Crippen molar-refractivity contribution in [1.29, 1.82) is 0 Å². The molecule has 2 aromatic rings. The van der Waals surface area contributed by atoms with Gasteiger partial charge in [0.25, 0.3) is 5.91 Å². The van der Waals surface area contributed by atoms with Gasteiger partial charge in [0, 0.05) is 37.1 Å². The summed E-state index contributed by atoms with van der Waals surface area (Å²) >= 11 is 0. The summed E-state index contributed by atoms with van der Waals surface area (Å²) in [5, 5.41) is 2.68. The molecule has 0 fully saturated rings. The highest BCUT2D eigenvalue weighted by atomic mass is 16.5. The van der Waals surface area contributed by atoms with Gasteiger partial charge >= 0.3 is 5.97 Å². The zero-order valence-corrected chi connectivity index (χ0v) is 16.4. The van der Waals surface area contributed by atoms with E-state index in [1.165, 1.54) is 13.2 Å². The van der Waals surface area contributed by atoms with Crippen molar-refractivity contribution in [3.8, 4) is 11.5 Å². The summed E-state index contributed by atoms with van der Waals surface area (Å²) in [4.78, 5) is 25.8. The van der Waals surface area contributed by atoms with Crippen LogP contribution in [0, 0.1) is 0 Å². The Morgan fingerprint density at radius 1 is 1.04 bits per heavy atom. The lowest BCUT2D eigenvalue weighted by Gasteiger charge is -2.13. The van der Waals surface area contributed by atoms with Crippen molar-refractivity contribution < 1.29 is 23.8 Å². The summed E-state index contributed by atoms with van der Waals surface area (Å²) < 4.78 is 15.4. The van der Waals surface area contributed by atoms with E-state index in [2.05, 4.69) is 5.32 Å². The molecule has 0 heterocycles. The van der Waals surface area contributed by atoms with Crippen LogP contribution in [0.15, 0.2) is 48.5 Å². The van der Waals surface area contributed by atoms with E-state index >= 15 is 0 Å². The predicted octanol–water partition coefficient (Wildman–Crippen LogP) is 2.96. The number of anilines is 2. The van der Waals surface area contributed by atoms with Crippen LogP contribution in [-0.4, -0.2) is 46.8 Å². The van der Waals surface area contributed by atoms with Crippen molar-refractivity contribution in [2.75, 3.05) is 45.1 Å². The van der Waals surface area contributed by atoms with Gasteiger partial charge in [0.1, 0.15) is 11.5 Å². The monoisotopic (exact) mass is 384 g/mol. The number of benzene rings is 2. The summed E-state index contributed by atoms with van der Waals surface area (Å²) in [5.74, 6) is 0.165. The first-order chi connectivity index (χ1) is 13.4. The zero-order chi connectivity index (χ0) is 20.5. The van der Waals surface area contributed by atoms with E-state index in [1.54, 1.807) is 43.5 Å². The molecule has 1 amide bonds. The molecule has 0 atom stereocenters. The van der Waals surface area contributed by atoms with Crippen LogP contribution in [0.25, 0.3) is 6.08 Å². The summed E-state index contributed by atoms with van der Waals surface area (Å²) in [7, 11) is 6.95. The van der Waals surface area contributed by atoms with E-state index in [0.717, 1.165) is 5.69 Å². The van der Waals surface area contributed by atoms with Crippen LogP contribution < -0.4 is 19.7 Å². The topological polar surface area (TPSA) is 77.1 Å². The molecule has 2 aromatic carbocycles. The minimum Gasteiger partial charge on any atom is -0.497 e. The number of hydrogen-bond acceptors (Lipinski definition) is 6. The Kier molecular flexibility index (Phi) is 7.45. The van der Waals surface area contributed by atoms with Gasteiger partial charge in [-0.25, -0.2) is 4.79 Å². The summed E-state index contributed by atoms with van der Waals surface area (Å²) in [6, 6.07) is 12.5. The third-order valence-electron chi connectivity index (χ3n) is 3.85. The second kappa shape index (κ2) is 10.0. The number of ether oxygens (including phenoxy) is 3. The maximum absolute atomic E-state index is 11.9. The number of amides is 1. The Hall–Kier alpha value is -3.48. The minimum atomic E-state index is -0.636. The smallest absolute Gasteiger partial charge is 0.331 e. The molecule has 0 saturated heterocycles. The van der Waals surface area contributed by atoms with Crippen LogP contribution in [0.5, 0.6) is 11.5 Å². The van der Waals surface area contributed by atoms with Gasteiger partial charge in [-0.2, -0.15) is 0 Å². The second-order valence-corrected chi connectivity index (χ2v) is 6.04. The van der Waals surface area contributed by atoms with E-state index in [4.69, 9.17) is 14.2 Å². The van der Waals surface area contributed by atoms with Crippen LogP contribution in [-0.2, 0) is 14.3 Å². The Balaban J connectivity index is 1.88. The van der Waals surface area contributed by atoms with Gasteiger partial charge in [-0.1, -0.05) is 0 Å². The molecule has 0 spiro atoms. The lowest BCUT2D eigenvalue weighted by molar-refractivity contribution is -0.142. The number of nitrogens with zero attached hydrogens (tertiary/aromatic N) is 1. The SMILES string of the molecule is COc1ccc(OC)c(C=CC(=O)OCC(=O)Nc2ccc(N(C)C)cc2)c1. The molecule has 0 aliphatic rings. The number of carbonyl (C=O) groups is 2. The maximum Gasteiger partial charge on any atom is 0.331 e. The van der Waals surface area contributed by atoms with Crippen molar-refractivity contribution in [2.24, 2.45) is 0 Å². The van der Waals surface area contributed by atoms with E-state index in [0.29, 0.717) is 22.7 Å². The predicted molar refractivity (Wildman–Crippen MR) is 109 cm³/mol. The molecule has 1 N–H and O–H groups in total. The Morgan fingerprint density at radius 2 is 1.75 bits per heavy atom. The molecule has 0 aliphatic heterocycles. The van der Waals surface area contributed by atoms with Gasteiger partial charge in [0.15, 0.2) is 6.61 Å². The molecular formula is C21H24N2O5. The van der Waals surface area contributed by atoms with Crippen LogP contribution in [0.1, 0.15) is 5.56 Å². The number of carbonyl (C=O) groups excluding carboxylic acids is 2. The molecular weight excluding hydrogens is 360 g/mol. The van der Waals surface area contributed by atoms with E-state index in [1.807, 2.05) is 31.1 Å². The standard InChI is InChI=1S/C21H24N2O5/c1-23(2)17-8-6-16(7-9-17)22-20(24)14-28-21(25)12-5-15-13-18(26-3)10-11-19(15)27-4/h5-13H,14H2,1-4H3,(H,22,24). The van der Waals surface area contributed by atoms with Crippen molar-refractivity contribution >= 4 is 29.3 Å². The van der Waals surface area contributed by atoms with E-state index in [9.17, 15) is 9.59 Å². The largest absolute Gasteiger partial charge is 0.497 e. The molecule has 0 unspecified atom stereocenters. The molecule has 7 nitrogen and oxygen atoms in total. The summed E-state index contributed by atoms with van der Waals surface area (Å²) in [6.07, 6.45) is 2.78. The van der Waals surface area contributed by atoms with E-state index < -0.39 is 11.9 Å². The van der Waals surface area contributed by atoms with Crippen molar-refractivity contribution in [2.45, 2.75) is 0 Å². The van der Waals surface area contributed by atoms with Crippen LogP contribution in [0.2, 0.25) is 0 Å². The maximum atomic E-state index is 11.9. The first-order valence-electron chi connectivity index (χ1n) is 8.57. The first-order valence-corrected chi connectivity index (χ1v) is 8.57. The molecule has 0 aliphatic carbocycles. The molecule has 148 valence electrons. The Bertz CT molecular complexity index is 844. The molecule has 28 heavy (non-hydrogen) atoms. The zero-order valence-electron chi connectivity index (χ0n) is 16.4. The lowest BCUT2D eigenvalue weighted by atomic mass is 10.1. The molecule has 0 saturated carbocycles. The van der Waals surface area contributed by atoms with Gasteiger partial charge in [-0.05, 0) is 48.5 Å². The van der Waals surface area contributed by atoms with E-state index in [-0.39, 0.29) is 6.61 Å². The van der Waals surface area contributed by atoms with Gasteiger partial charge in [0.05, 0.1) is 14.2 Å². The second-order valence-electron chi connectivity index (χ2n) is 6.04. The van der Waals surface area contributed by atoms with Gasteiger partial charge in [-0.15, -0.1) is 0 Å². The van der Waals surface area contributed by atoms with Gasteiger partial charge in [0.2, 0.25) is 0 Å². The van der Waals surface area contributed by atoms with Crippen molar-refractivity contribution in [3.63, 3.8) is 0 Å². The highest BCUT2D eigenvalue weighted by molar-refractivity contribution is 5.94. The average Bonchev–Trinajstić information content (AvgIpc) is 2.70. The fourth-order valence-electron chi connectivity index (χ4n) is 2.35. The molecule has 0 radical (unpaired) electrons. The van der Waals surface area contributed by atoms with Crippen LogP contribution in [0.3, 0.4) is 0 Å². The number of esters is 1. The number of methoxy groups -OCH3 is 2. The number of rotatable bonds is 8. The third-order valence-corrected chi connectivity index (χ3v) is 3.85. The Labute approximate surface area is 164 Å². The van der Waals surface area contributed by atoms with Gasteiger partial charge in [-0.3, -0.25) is 4.79 Å². The van der Waals surface area contributed by atoms with Crippen LogP contribution in [0.4, 0.5) is 11.4 Å². The highest BCUT2D eigenvalue weighted by Crippen LogP contribution is 2.25. The van der Waals surface area contributed by atoms with Gasteiger partial charge < -0.3 is 24.4 Å². The quantitative estimate of drug-likeness (QED) is 0.557. The molecule has 2 rings (SSSR count). The van der Waals surface area contributed by atoms with Crippen molar-refractivity contribution in [3.05, 3.63) is 54.1 Å². The molecule has 7 heteroatoms. The highest BCUT2D eigenvalue weighted by Gasteiger charge is 2.07.